The topological polar surface area (TPSA) is 42.7 Å². The third kappa shape index (κ3) is 3.60. The molecule has 1 aromatic carbocycles. The van der Waals surface area contributed by atoms with Crippen molar-refractivity contribution >= 4 is 33.6 Å². The summed E-state index contributed by atoms with van der Waals surface area (Å²) in [5, 5.41) is -0.0342. The van der Waals surface area contributed by atoms with Crippen LogP contribution in [0.15, 0.2) is 27.6 Å². The summed E-state index contributed by atoms with van der Waals surface area (Å²) in [5.41, 5.74) is -1.32. The molecule has 1 aliphatic rings. The fourth-order valence-electron chi connectivity index (χ4n) is 2.87. The van der Waals surface area contributed by atoms with Gasteiger partial charge in [-0.05, 0) is 47.2 Å². The van der Waals surface area contributed by atoms with Gasteiger partial charge in [-0.3, -0.25) is 9.69 Å². The number of hydrogen-bond acceptors (Lipinski definition) is 4. The molecular formula is C16H15F3INO3. The summed E-state index contributed by atoms with van der Waals surface area (Å²) in [6.45, 7) is 4.08. The molecule has 1 saturated heterocycles. The normalized spacial score (nSPS) is 19.8. The lowest BCUT2D eigenvalue weighted by molar-refractivity contribution is -0.137. The van der Waals surface area contributed by atoms with E-state index >= 15 is 0 Å². The van der Waals surface area contributed by atoms with Crippen LogP contribution < -0.4 is 5.43 Å². The van der Waals surface area contributed by atoms with Crippen molar-refractivity contribution in [1.29, 1.82) is 0 Å². The van der Waals surface area contributed by atoms with Crippen LogP contribution in [0, 0.1) is 3.57 Å². The van der Waals surface area contributed by atoms with Crippen molar-refractivity contribution in [3.8, 4) is 0 Å². The first kappa shape index (κ1) is 17.7. The largest absolute Gasteiger partial charge is 0.462 e. The molecule has 0 radical (unpaired) electrons. The van der Waals surface area contributed by atoms with Gasteiger partial charge in [0, 0.05) is 19.6 Å². The van der Waals surface area contributed by atoms with E-state index in [1.165, 1.54) is 6.07 Å². The summed E-state index contributed by atoms with van der Waals surface area (Å²) in [5.74, 6) is 0. The number of hydrogen-bond donors (Lipinski definition) is 0. The van der Waals surface area contributed by atoms with Crippen molar-refractivity contribution in [3.05, 3.63) is 43.3 Å². The predicted molar refractivity (Wildman–Crippen MR) is 90.9 cm³/mol. The van der Waals surface area contributed by atoms with Crippen LogP contribution in [0.2, 0.25) is 0 Å². The number of halogens is 4. The van der Waals surface area contributed by atoms with Gasteiger partial charge in [0.15, 0.2) is 0 Å². The van der Waals surface area contributed by atoms with E-state index in [-0.39, 0.29) is 15.1 Å². The van der Waals surface area contributed by atoms with E-state index in [2.05, 4.69) is 0 Å². The zero-order chi connectivity index (χ0) is 17.5. The third-order valence-corrected chi connectivity index (χ3v) is 4.67. The third-order valence-electron chi connectivity index (χ3n) is 3.93. The lowest BCUT2D eigenvalue weighted by Crippen LogP contribution is -2.40. The lowest BCUT2D eigenvalue weighted by atomic mass is 10.0. The number of rotatable bonds is 2. The average Bonchev–Trinajstić information content (AvgIpc) is 2.50. The monoisotopic (exact) mass is 453 g/mol. The van der Waals surface area contributed by atoms with Crippen molar-refractivity contribution in [2.45, 2.75) is 25.7 Å². The first-order valence-corrected chi connectivity index (χ1v) is 8.48. The van der Waals surface area contributed by atoms with Crippen LogP contribution in [0.25, 0.3) is 11.0 Å². The fraction of sp³-hybridized carbons (Fsp3) is 0.438. The fourth-order valence-corrected chi connectivity index (χ4v) is 3.29. The van der Waals surface area contributed by atoms with Crippen LogP contribution in [0.5, 0.6) is 0 Å². The van der Waals surface area contributed by atoms with Crippen LogP contribution in [0.3, 0.4) is 0 Å². The molecule has 1 aliphatic heterocycles. The Balaban J connectivity index is 2.08. The lowest BCUT2D eigenvalue weighted by Gasteiger charge is -2.31. The van der Waals surface area contributed by atoms with Gasteiger partial charge in [-0.1, -0.05) is 0 Å². The van der Waals surface area contributed by atoms with Gasteiger partial charge >= 0.3 is 6.18 Å². The summed E-state index contributed by atoms with van der Waals surface area (Å²) < 4.78 is 50.9. The van der Waals surface area contributed by atoms with Gasteiger partial charge in [0.25, 0.3) is 0 Å². The highest BCUT2D eigenvalue weighted by molar-refractivity contribution is 14.1. The zero-order valence-corrected chi connectivity index (χ0v) is 15.0. The van der Waals surface area contributed by atoms with Crippen LogP contribution in [0.4, 0.5) is 13.2 Å². The van der Waals surface area contributed by atoms with Crippen molar-refractivity contribution in [1.82, 2.24) is 4.90 Å². The second-order valence-corrected chi connectivity index (χ2v) is 7.01. The van der Waals surface area contributed by atoms with Gasteiger partial charge in [0.1, 0.15) is 11.8 Å². The Morgan fingerprint density at radius 2 is 2.12 bits per heavy atom. The van der Waals surface area contributed by atoms with Gasteiger partial charge in [-0.15, -0.1) is 0 Å². The molecule has 1 atom stereocenters. The van der Waals surface area contributed by atoms with Crippen LogP contribution in [-0.4, -0.2) is 30.7 Å². The molecule has 24 heavy (non-hydrogen) atoms. The number of alkyl halides is 3. The molecule has 0 bridgehead atoms. The van der Waals surface area contributed by atoms with Crippen LogP contribution in [0.1, 0.15) is 18.1 Å². The molecule has 0 saturated carbocycles. The Morgan fingerprint density at radius 3 is 2.79 bits per heavy atom. The smallest absolute Gasteiger partial charge is 0.420 e. The Labute approximate surface area is 149 Å². The summed E-state index contributed by atoms with van der Waals surface area (Å²) >= 11 is 1.76. The van der Waals surface area contributed by atoms with E-state index < -0.39 is 22.8 Å². The summed E-state index contributed by atoms with van der Waals surface area (Å²) in [7, 11) is 0. The average molecular weight is 453 g/mol. The molecule has 2 aromatic rings. The van der Waals surface area contributed by atoms with Crippen molar-refractivity contribution in [2.24, 2.45) is 0 Å². The molecule has 4 nitrogen and oxygen atoms in total. The molecule has 0 aliphatic carbocycles. The first-order valence-electron chi connectivity index (χ1n) is 7.41. The second kappa shape index (κ2) is 6.64. The predicted octanol–water partition coefficient (Wildman–Crippen LogP) is 3.64. The zero-order valence-electron chi connectivity index (χ0n) is 12.8. The molecule has 0 N–H and O–H groups in total. The SMILES string of the molecule is C[C@@H]1CN(Cc2cc(C(F)(F)F)c3occ(I)c(=O)c3c2)CCO1. The number of nitrogens with zero attached hydrogens (tertiary/aromatic N) is 1. The number of benzene rings is 1. The minimum Gasteiger partial charge on any atom is -0.462 e. The van der Waals surface area contributed by atoms with Gasteiger partial charge < -0.3 is 9.15 Å². The highest BCUT2D eigenvalue weighted by Crippen LogP contribution is 2.35. The maximum Gasteiger partial charge on any atom is 0.420 e. The van der Waals surface area contributed by atoms with E-state index in [0.717, 1.165) is 12.3 Å². The standard InChI is InChI=1S/C16H15F3INO3/c1-9-6-21(2-3-23-9)7-10-4-11-14(22)13(20)8-24-15(11)12(5-10)16(17,18)19/h4-5,8-9H,2-3,6-7H2,1H3/t9-/m1/s1. The molecule has 0 spiro atoms. The molecular weight excluding hydrogens is 438 g/mol. The van der Waals surface area contributed by atoms with Crippen molar-refractivity contribution in [3.63, 3.8) is 0 Å². The summed E-state index contributed by atoms with van der Waals surface area (Å²) in [4.78, 5) is 14.3. The van der Waals surface area contributed by atoms with Crippen molar-refractivity contribution in [2.75, 3.05) is 19.7 Å². The number of morpholine rings is 1. The van der Waals surface area contributed by atoms with Gasteiger partial charge in [0.05, 0.1) is 27.2 Å². The maximum absolute atomic E-state index is 13.4. The maximum atomic E-state index is 13.4. The van der Waals surface area contributed by atoms with E-state index in [9.17, 15) is 18.0 Å². The molecule has 3 rings (SSSR count). The molecule has 2 heterocycles. The highest BCUT2D eigenvalue weighted by atomic mass is 127. The van der Waals surface area contributed by atoms with Gasteiger partial charge in [-0.25, -0.2) is 0 Å². The van der Waals surface area contributed by atoms with E-state index in [4.69, 9.17) is 9.15 Å². The minimum atomic E-state index is -4.59. The van der Waals surface area contributed by atoms with Crippen LogP contribution in [-0.2, 0) is 17.5 Å². The molecule has 0 unspecified atom stereocenters. The number of fused-ring (bicyclic) bond motifs is 1. The first-order chi connectivity index (χ1) is 11.3. The quantitative estimate of drug-likeness (QED) is 0.652. The Morgan fingerprint density at radius 1 is 1.38 bits per heavy atom. The molecule has 8 heteroatoms. The minimum absolute atomic E-state index is 0.0342. The van der Waals surface area contributed by atoms with E-state index in [1.54, 1.807) is 22.6 Å². The van der Waals surface area contributed by atoms with Gasteiger partial charge in [-0.2, -0.15) is 13.2 Å². The Hall–Kier alpha value is -1.13. The molecule has 0 amide bonds. The van der Waals surface area contributed by atoms with E-state index in [0.29, 0.717) is 31.8 Å². The van der Waals surface area contributed by atoms with Gasteiger partial charge in [0.2, 0.25) is 5.43 Å². The Kier molecular flexibility index (Phi) is 4.89. The highest BCUT2D eigenvalue weighted by Gasteiger charge is 2.35. The van der Waals surface area contributed by atoms with Crippen LogP contribution >= 0.6 is 22.6 Å². The van der Waals surface area contributed by atoms with E-state index in [1.807, 2.05) is 11.8 Å². The Bertz CT molecular complexity index is 819. The number of ether oxygens (including phenoxy) is 1. The summed E-state index contributed by atoms with van der Waals surface area (Å²) in [6.07, 6.45) is -3.49. The second-order valence-electron chi connectivity index (χ2n) is 5.85. The van der Waals surface area contributed by atoms with Crippen molar-refractivity contribution < 1.29 is 22.3 Å². The molecule has 130 valence electrons. The summed E-state index contributed by atoms with van der Waals surface area (Å²) in [6, 6.07) is 2.57. The molecule has 1 aromatic heterocycles. The molecule has 1 fully saturated rings.